The lowest BCUT2D eigenvalue weighted by Gasteiger charge is -2.23. The third-order valence-corrected chi connectivity index (χ3v) is 2.01. The van der Waals surface area contributed by atoms with Crippen LogP contribution < -0.4 is 5.32 Å². The third kappa shape index (κ3) is 4.83. The van der Waals surface area contributed by atoms with Gasteiger partial charge in [0.25, 0.3) is 0 Å². The van der Waals surface area contributed by atoms with E-state index in [4.69, 9.17) is 0 Å². The zero-order chi connectivity index (χ0) is 11.3. The van der Waals surface area contributed by atoms with Crippen LogP contribution >= 0.6 is 0 Å². The van der Waals surface area contributed by atoms with Crippen LogP contribution in [0.5, 0.6) is 0 Å². The van der Waals surface area contributed by atoms with Gasteiger partial charge in [0.15, 0.2) is 0 Å². The van der Waals surface area contributed by atoms with Crippen LogP contribution in [0.2, 0.25) is 0 Å². The molecular weight excluding hydrogens is 209 g/mol. The van der Waals surface area contributed by atoms with Crippen molar-refractivity contribution in [3.8, 4) is 0 Å². The fourth-order valence-electron chi connectivity index (χ4n) is 1.29. The Morgan fingerprint density at radius 1 is 1.40 bits per heavy atom. The highest BCUT2D eigenvalue weighted by atomic mass is 19.4. The van der Waals surface area contributed by atoms with Gasteiger partial charge in [-0.15, -0.1) is 0 Å². The van der Waals surface area contributed by atoms with E-state index in [2.05, 4.69) is 5.32 Å². The largest absolute Gasteiger partial charge is 0.401 e. The van der Waals surface area contributed by atoms with E-state index in [1.165, 1.54) is 4.90 Å². The van der Waals surface area contributed by atoms with Crippen molar-refractivity contribution in [1.82, 2.24) is 10.2 Å². The Kier molecular flexibility index (Phi) is 4.14. The number of carbonyl (C=O) groups excluding carboxylic acids is 1. The molecule has 0 radical (unpaired) electrons. The molecule has 0 aromatic carbocycles. The van der Waals surface area contributed by atoms with Crippen molar-refractivity contribution < 1.29 is 18.0 Å². The van der Waals surface area contributed by atoms with Gasteiger partial charge >= 0.3 is 6.18 Å². The van der Waals surface area contributed by atoms with Crippen LogP contribution in [0.3, 0.4) is 0 Å². The number of amides is 1. The standard InChI is InChI=1S/C9H13F3N2O/c10-9(11,12)7-13-6-8(15)14-4-2-1-3-5-14/h1-2,13H,3-7H2. The quantitative estimate of drug-likeness (QED) is 0.720. The highest BCUT2D eigenvalue weighted by Gasteiger charge is 2.27. The SMILES string of the molecule is O=C(CNCC(F)(F)F)N1CC=CCC1. The first-order chi connectivity index (χ1) is 6.99. The molecule has 0 spiro atoms. The molecule has 1 heterocycles. The maximum absolute atomic E-state index is 11.7. The summed E-state index contributed by atoms with van der Waals surface area (Å²) in [6.45, 7) is -0.300. The molecule has 1 N–H and O–H groups in total. The van der Waals surface area contributed by atoms with E-state index in [9.17, 15) is 18.0 Å². The fraction of sp³-hybridized carbons (Fsp3) is 0.667. The molecule has 3 nitrogen and oxygen atoms in total. The Morgan fingerprint density at radius 2 is 2.13 bits per heavy atom. The number of carbonyl (C=O) groups is 1. The Labute approximate surface area is 85.9 Å². The van der Waals surface area contributed by atoms with E-state index in [1.54, 1.807) is 0 Å². The predicted octanol–water partition coefficient (Wildman–Crippen LogP) is 0.927. The minimum Gasteiger partial charge on any atom is -0.338 e. The van der Waals surface area contributed by atoms with Crippen molar-refractivity contribution in [2.75, 3.05) is 26.2 Å². The van der Waals surface area contributed by atoms with Crippen LogP contribution in [0.15, 0.2) is 12.2 Å². The molecule has 0 aliphatic carbocycles. The average Bonchev–Trinajstić information content (AvgIpc) is 2.17. The summed E-state index contributed by atoms with van der Waals surface area (Å²) in [5.74, 6) is -0.288. The lowest BCUT2D eigenvalue weighted by molar-refractivity contribution is -0.134. The van der Waals surface area contributed by atoms with E-state index in [0.717, 1.165) is 6.42 Å². The number of hydrogen-bond acceptors (Lipinski definition) is 2. The molecular formula is C9H13F3N2O. The predicted molar refractivity (Wildman–Crippen MR) is 49.3 cm³/mol. The fourth-order valence-corrected chi connectivity index (χ4v) is 1.29. The second kappa shape index (κ2) is 5.16. The van der Waals surface area contributed by atoms with Gasteiger partial charge in [-0.25, -0.2) is 0 Å². The van der Waals surface area contributed by atoms with Gasteiger partial charge in [-0.3, -0.25) is 4.79 Å². The van der Waals surface area contributed by atoms with Gasteiger partial charge in [0, 0.05) is 13.1 Å². The van der Waals surface area contributed by atoms with E-state index < -0.39 is 12.7 Å². The van der Waals surface area contributed by atoms with Gasteiger partial charge in [0.05, 0.1) is 13.1 Å². The first-order valence-corrected chi connectivity index (χ1v) is 4.69. The summed E-state index contributed by atoms with van der Waals surface area (Å²) in [7, 11) is 0. The molecule has 0 saturated carbocycles. The maximum Gasteiger partial charge on any atom is 0.401 e. The lowest BCUT2D eigenvalue weighted by atomic mass is 10.2. The van der Waals surface area contributed by atoms with Gasteiger partial charge in [0.2, 0.25) is 5.91 Å². The monoisotopic (exact) mass is 222 g/mol. The summed E-state index contributed by atoms with van der Waals surface area (Å²) in [6, 6.07) is 0. The molecule has 1 amide bonds. The number of halogens is 3. The highest BCUT2D eigenvalue weighted by molar-refractivity contribution is 5.78. The van der Waals surface area contributed by atoms with Gasteiger partial charge in [0.1, 0.15) is 0 Å². The summed E-state index contributed by atoms with van der Waals surface area (Å²) in [6.07, 6.45) is 0.297. The summed E-state index contributed by atoms with van der Waals surface area (Å²) < 4.78 is 35.2. The van der Waals surface area contributed by atoms with Crippen LogP contribution in [0.1, 0.15) is 6.42 Å². The van der Waals surface area contributed by atoms with Crippen LogP contribution in [-0.2, 0) is 4.79 Å². The topological polar surface area (TPSA) is 32.3 Å². The highest BCUT2D eigenvalue weighted by Crippen LogP contribution is 2.12. The molecule has 0 bridgehead atoms. The summed E-state index contributed by atoms with van der Waals surface area (Å²) >= 11 is 0. The Hall–Kier alpha value is -1.04. The zero-order valence-corrected chi connectivity index (χ0v) is 8.18. The minimum absolute atomic E-state index is 0.257. The summed E-state index contributed by atoms with van der Waals surface area (Å²) in [4.78, 5) is 12.9. The first kappa shape index (κ1) is 12.0. The molecule has 0 aromatic heterocycles. The Morgan fingerprint density at radius 3 is 2.67 bits per heavy atom. The van der Waals surface area contributed by atoms with Gasteiger partial charge in [-0.2, -0.15) is 13.2 Å². The summed E-state index contributed by atoms with van der Waals surface area (Å²) in [5.41, 5.74) is 0. The molecule has 6 heteroatoms. The van der Waals surface area contributed by atoms with Crippen molar-refractivity contribution in [3.05, 3.63) is 12.2 Å². The minimum atomic E-state index is -4.26. The second-order valence-electron chi connectivity index (χ2n) is 3.32. The molecule has 0 unspecified atom stereocenters. The van der Waals surface area contributed by atoms with Crippen molar-refractivity contribution in [2.45, 2.75) is 12.6 Å². The second-order valence-corrected chi connectivity index (χ2v) is 3.32. The van der Waals surface area contributed by atoms with Gasteiger partial charge < -0.3 is 10.2 Å². The molecule has 0 fully saturated rings. The summed E-state index contributed by atoms with van der Waals surface area (Å²) in [5, 5.41) is 2.08. The van der Waals surface area contributed by atoms with Crippen molar-refractivity contribution >= 4 is 5.91 Å². The lowest BCUT2D eigenvalue weighted by Crippen LogP contribution is -2.42. The number of nitrogens with zero attached hydrogens (tertiary/aromatic N) is 1. The molecule has 15 heavy (non-hydrogen) atoms. The van der Waals surface area contributed by atoms with Crippen molar-refractivity contribution in [3.63, 3.8) is 0 Å². The molecule has 0 saturated heterocycles. The number of rotatable bonds is 3. The number of hydrogen-bond donors (Lipinski definition) is 1. The Bertz CT molecular complexity index is 250. The van der Waals surface area contributed by atoms with Crippen LogP contribution in [0.4, 0.5) is 13.2 Å². The van der Waals surface area contributed by atoms with Crippen molar-refractivity contribution in [2.24, 2.45) is 0 Å². The molecule has 1 aliphatic heterocycles. The Balaban J connectivity index is 2.21. The number of nitrogens with one attached hydrogen (secondary N) is 1. The van der Waals surface area contributed by atoms with Crippen molar-refractivity contribution in [1.29, 1.82) is 0 Å². The first-order valence-electron chi connectivity index (χ1n) is 4.69. The van der Waals surface area contributed by atoms with E-state index in [0.29, 0.717) is 13.1 Å². The van der Waals surface area contributed by atoms with Crippen LogP contribution in [0, 0.1) is 0 Å². The van der Waals surface area contributed by atoms with Crippen LogP contribution in [0.25, 0.3) is 0 Å². The average molecular weight is 222 g/mol. The molecule has 0 atom stereocenters. The maximum atomic E-state index is 11.7. The van der Waals surface area contributed by atoms with E-state index >= 15 is 0 Å². The molecule has 0 aromatic rings. The third-order valence-electron chi connectivity index (χ3n) is 2.01. The van der Waals surface area contributed by atoms with E-state index in [1.807, 2.05) is 12.2 Å². The van der Waals surface area contributed by atoms with E-state index in [-0.39, 0.29) is 12.5 Å². The molecule has 1 aliphatic rings. The van der Waals surface area contributed by atoms with Gasteiger partial charge in [-0.1, -0.05) is 12.2 Å². The smallest absolute Gasteiger partial charge is 0.338 e. The zero-order valence-electron chi connectivity index (χ0n) is 8.18. The normalized spacial score (nSPS) is 16.9. The molecule has 86 valence electrons. The number of alkyl halides is 3. The molecule has 1 rings (SSSR count). The van der Waals surface area contributed by atoms with Crippen LogP contribution in [-0.4, -0.2) is 43.2 Å². The van der Waals surface area contributed by atoms with Gasteiger partial charge in [-0.05, 0) is 6.42 Å².